The van der Waals surface area contributed by atoms with Crippen LogP contribution in [0.3, 0.4) is 0 Å². The van der Waals surface area contributed by atoms with E-state index in [1.54, 1.807) is 11.3 Å². The highest BCUT2D eigenvalue weighted by molar-refractivity contribution is 7.18. The van der Waals surface area contributed by atoms with Crippen molar-refractivity contribution in [1.82, 2.24) is 15.3 Å². The fourth-order valence-electron chi connectivity index (χ4n) is 3.79. The number of aromatic amines is 1. The molecule has 0 unspecified atom stereocenters. The van der Waals surface area contributed by atoms with Crippen molar-refractivity contribution in [2.24, 2.45) is 5.92 Å². The molecule has 1 aromatic carbocycles. The lowest BCUT2D eigenvalue weighted by molar-refractivity contribution is 0.509. The number of aromatic nitrogens is 2. The number of benzene rings is 1. The summed E-state index contributed by atoms with van der Waals surface area (Å²) in [4.78, 5) is 22.7. The Hall–Kier alpha value is -1.69. The van der Waals surface area contributed by atoms with Crippen molar-refractivity contribution in [3.63, 3.8) is 0 Å². The Balaban J connectivity index is 1.50. The smallest absolute Gasteiger partial charge is 0.259 e. The fraction of sp³-hybridized carbons (Fsp3) is 0.429. The highest BCUT2D eigenvalue weighted by Crippen LogP contribution is 2.35. The Morgan fingerprint density at radius 3 is 3.11 bits per heavy atom. The summed E-state index contributed by atoms with van der Waals surface area (Å²) >= 11 is 7.74. The molecule has 1 aliphatic rings. The number of rotatable bonds is 5. The molecule has 0 saturated heterocycles. The molecule has 0 bridgehead atoms. The van der Waals surface area contributed by atoms with Crippen LogP contribution in [0.25, 0.3) is 10.2 Å². The van der Waals surface area contributed by atoms with Gasteiger partial charge >= 0.3 is 0 Å². The van der Waals surface area contributed by atoms with Crippen molar-refractivity contribution in [3.8, 4) is 0 Å². The maximum absolute atomic E-state index is 12.7. The molecule has 142 valence electrons. The summed E-state index contributed by atoms with van der Waals surface area (Å²) in [6.07, 6.45) is 4.09. The molecule has 0 radical (unpaired) electrons. The van der Waals surface area contributed by atoms with Crippen LogP contribution in [-0.2, 0) is 19.3 Å². The third-order valence-electron chi connectivity index (χ3n) is 5.35. The third-order valence-corrected chi connectivity index (χ3v) is 6.73. The van der Waals surface area contributed by atoms with Crippen LogP contribution in [0.15, 0.2) is 29.1 Å². The first kappa shape index (κ1) is 18.7. The van der Waals surface area contributed by atoms with Gasteiger partial charge in [-0.25, -0.2) is 4.98 Å². The number of fused-ring (bicyclic) bond motifs is 3. The zero-order valence-corrected chi connectivity index (χ0v) is 17.2. The molecule has 0 aliphatic heterocycles. The van der Waals surface area contributed by atoms with Gasteiger partial charge in [0.25, 0.3) is 5.56 Å². The molecule has 27 heavy (non-hydrogen) atoms. The molecule has 2 aromatic heterocycles. The van der Waals surface area contributed by atoms with Crippen LogP contribution in [0.2, 0.25) is 5.02 Å². The van der Waals surface area contributed by atoms with Crippen molar-refractivity contribution in [2.75, 3.05) is 6.54 Å². The average Bonchev–Trinajstić information content (AvgIpc) is 2.99. The highest BCUT2D eigenvalue weighted by atomic mass is 35.5. The van der Waals surface area contributed by atoms with E-state index in [9.17, 15) is 4.79 Å². The Labute approximate surface area is 168 Å². The van der Waals surface area contributed by atoms with Crippen LogP contribution in [0.5, 0.6) is 0 Å². The standard InChI is InChI=1S/C21H24ClN3OS/c1-12-6-7-16-17(10-12)27-21-18(16)20(26)24-19(25-21)13(2)23-9-8-14-4-3-5-15(22)11-14/h3-5,11-13,23H,6-10H2,1-2H3,(H,24,25,26)/t12-,13+/m1/s1. The molecule has 0 saturated carbocycles. The SMILES string of the molecule is C[C@@H]1CCc2c(sc3nc([C@H](C)NCCc4cccc(Cl)c4)[nH]c(=O)c23)C1. The Kier molecular flexibility index (Phi) is 5.35. The van der Waals surface area contributed by atoms with Gasteiger partial charge in [-0.05, 0) is 68.3 Å². The van der Waals surface area contributed by atoms with Gasteiger partial charge in [0.2, 0.25) is 0 Å². The number of aryl methyl sites for hydroxylation is 1. The fourth-order valence-corrected chi connectivity index (χ4v) is 5.40. The minimum absolute atomic E-state index is 0.00513. The molecule has 2 atom stereocenters. The van der Waals surface area contributed by atoms with Gasteiger partial charge < -0.3 is 10.3 Å². The number of nitrogens with zero attached hydrogens (tertiary/aromatic N) is 1. The van der Waals surface area contributed by atoms with Gasteiger partial charge in [0.15, 0.2) is 0 Å². The van der Waals surface area contributed by atoms with Gasteiger partial charge in [0.1, 0.15) is 10.7 Å². The van der Waals surface area contributed by atoms with E-state index in [0.717, 1.165) is 47.5 Å². The van der Waals surface area contributed by atoms with E-state index in [4.69, 9.17) is 16.6 Å². The van der Waals surface area contributed by atoms with Gasteiger partial charge in [0, 0.05) is 9.90 Å². The van der Waals surface area contributed by atoms with E-state index >= 15 is 0 Å². The number of H-pyrrole nitrogens is 1. The third kappa shape index (κ3) is 3.96. The van der Waals surface area contributed by atoms with E-state index in [1.807, 2.05) is 25.1 Å². The largest absolute Gasteiger partial charge is 0.309 e. The monoisotopic (exact) mass is 401 g/mol. The second-order valence-corrected chi connectivity index (χ2v) is 9.06. The summed E-state index contributed by atoms with van der Waals surface area (Å²) in [7, 11) is 0. The second-order valence-electron chi connectivity index (χ2n) is 7.54. The summed E-state index contributed by atoms with van der Waals surface area (Å²) in [5, 5.41) is 5.03. The minimum Gasteiger partial charge on any atom is -0.309 e. The quantitative estimate of drug-likeness (QED) is 0.653. The van der Waals surface area contributed by atoms with Gasteiger partial charge in [-0.3, -0.25) is 4.79 Å². The lowest BCUT2D eigenvalue weighted by atomic mass is 9.89. The van der Waals surface area contributed by atoms with Crippen LogP contribution < -0.4 is 10.9 Å². The lowest BCUT2D eigenvalue weighted by Gasteiger charge is -2.17. The van der Waals surface area contributed by atoms with Crippen LogP contribution in [0.4, 0.5) is 0 Å². The lowest BCUT2D eigenvalue weighted by Crippen LogP contribution is -2.25. The van der Waals surface area contributed by atoms with Crippen molar-refractivity contribution in [3.05, 3.63) is 61.5 Å². The molecule has 0 fully saturated rings. The van der Waals surface area contributed by atoms with Crippen LogP contribution in [0, 0.1) is 5.92 Å². The Morgan fingerprint density at radius 2 is 2.30 bits per heavy atom. The van der Waals surface area contributed by atoms with E-state index < -0.39 is 0 Å². The van der Waals surface area contributed by atoms with Crippen LogP contribution >= 0.6 is 22.9 Å². The van der Waals surface area contributed by atoms with Crippen molar-refractivity contribution in [1.29, 1.82) is 0 Å². The molecular formula is C21H24ClN3OS. The van der Waals surface area contributed by atoms with Crippen molar-refractivity contribution >= 4 is 33.2 Å². The molecule has 4 nitrogen and oxygen atoms in total. The summed E-state index contributed by atoms with van der Waals surface area (Å²) in [5.74, 6) is 1.40. The predicted octanol–water partition coefficient (Wildman–Crippen LogP) is 4.66. The first-order valence-corrected chi connectivity index (χ1v) is 10.7. The average molecular weight is 402 g/mol. The van der Waals surface area contributed by atoms with E-state index in [-0.39, 0.29) is 11.6 Å². The molecular weight excluding hydrogens is 378 g/mol. The number of thiophene rings is 1. The number of halogens is 1. The first-order valence-electron chi connectivity index (χ1n) is 9.53. The first-order chi connectivity index (χ1) is 13.0. The topological polar surface area (TPSA) is 57.8 Å². The summed E-state index contributed by atoms with van der Waals surface area (Å²) in [6.45, 7) is 5.11. The van der Waals surface area contributed by atoms with E-state index in [2.05, 4.69) is 23.3 Å². The molecule has 6 heteroatoms. The molecule has 0 amide bonds. The summed E-state index contributed by atoms with van der Waals surface area (Å²) in [5.41, 5.74) is 2.43. The Morgan fingerprint density at radius 1 is 1.44 bits per heavy atom. The maximum atomic E-state index is 12.7. The molecule has 1 aliphatic carbocycles. The van der Waals surface area contributed by atoms with Crippen molar-refractivity contribution < 1.29 is 0 Å². The van der Waals surface area contributed by atoms with Gasteiger partial charge in [0.05, 0.1) is 11.4 Å². The summed E-state index contributed by atoms with van der Waals surface area (Å²) < 4.78 is 0. The molecule has 3 aromatic rings. The zero-order valence-electron chi connectivity index (χ0n) is 15.6. The maximum Gasteiger partial charge on any atom is 0.259 e. The normalized spacial score (nSPS) is 17.8. The Bertz CT molecular complexity index is 1030. The number of hydrogen-bond acceptors (Lipinski definition) is 4. The minimum atomic E-state index is -0.0145. The van der Waals surface area contributed by atoms with E-state index in [1.165, 1.54) is 16.0 Å². The highest BCUT2D eigenvalue weighted by Gasteiger charge is 2.23. The predicted molar refractivity (Wildman–Crippen MR) is 113 cm³/mol. The van der Waals surface area contributed by atoms with Crippen LogP contribution in [0.1, 0.15) is 48.1 Å². The van der Waals surface area contributed by atoms with Crippen LogP contribution in [-0.4, -0.2) is 16.5 Å². The molecule has 4 rings (SSSR count). The summed E-state index contributed by atoms with van der Waals surface area (Å²) in [6, 6.07) is 7.89. The number of hydrogen-bond donors (Lipinski definition) is 2. The molecule has 2 N–H and O–H groups in total. The van der Waals surface area contributed by atoms with E-state index in [0.29, 0.717) is 11.7 Å². The molecule has 2 heterocycles. The zero-order chi connectivity index (χ0) is 19.0. The van der Waals surface area contributed by atoms with Gasteiger partial charge in [-0.15, -0.1) is 11.3 Å². The second kappa shape index (κ2) is 7.74. The molecule has 0 spiro atoms. The van der Waals surface area contributed by atoms with Gasteiger partial charge in [-0.1, -0.05) is 30.7 Å². The number of nitrogens with one attached hydrogen (secondary N) is 2. The van der Waals surface area contributed by atoms with Crippen molar-refractivity contribution in [2.45, 2.75) is 45.6 Å². The van der Waals surface area contributed by atoms with Gasteiger partial charge in [-0.2, -0.15) is 0 Å².